The van der Waals surface area contributed by atoms with Crippen LogP contribution in [-0.4, -0.2) is 47.7 Å². The van der Waals surface area contributed by atoms with Gasteiger partial charge >= 0.3 is 12.1 Å². The SMILES string of the molecule is COC(=O)Cc1nn(-c2ccccc2)c2c1nnc1nc(C(F)(F)F)nn12. The standard InChI is InChI=1S/C15H10F3N7O2/c1-27-10(26)7-9-11-12(24(22-9)8-5-3-2-4-6-8)25-14(21-20-11)19-13(23-25)15(16,17)18/h2-6H,7H2,1H3. The van der Waals surface area contributed by atoms with Gasteiger partial charge in [0.05, 0.1) is 19.2 Å². The van der Waals surface area contributed by atoms with Gasteiger partial charge in [-0.15, -0.1) is 15.3 Å². The van der Waals surface area contributed by atoms with Crippen molar-refractivity contribution in [2.24, 2.45) is 0 Å². The number of esters is 1. The largest absolute Gasteiger partial charge is 0.469 e. The van der Waals surface area contributed by atoms with Crippen LogP contribution in [0.5, 0.6) is 0 Å². The van der Waals surface area contributed by atoms with Crippen molar-refractivity contribution in [1.82, 2.24) is 34.6 Å². The molecular formula is C15H10F3N7O2. The molecule has 12 heteroatoms. The second-order valence-electron chi connectivity index (χ2n) is 5.46. The summed E-state index contributed by atoms with van der Waals surface area (Å²) >= 11 is 0. The smallest absolute Gasteiger partial charge is 0.453 e. The predicted molar refractivity (Wildman–Crippen MR) is 83.9 cm³/mol. The molecule has 1 aromatic carbocycles. The number of rotatable bonds is 3. The fourth-order valence-electron chi connectivity index (χ4n) is 2.54. The number of ether oxygens (including phenoxy) is 1. The van der Waals surface area contributed by atoms with Crippen LogP contribution in [-0.2, 0) is 22.1 Å². The number of fused-ring (bicyclic) bond motifs is 3. The molecule has 3 aromatic heterocycles. The van der Waals surface area contributed by atoms with Gasteiger partial charge in [-0.3, -0.25) is 4.79 Å². The van der Waals surface area contributed by atoms with E-state index >= 15 is 0 Å². The van der Waals surface area contributed by atoms with Crippen molar-refractivity contribution in [3.8, 4) is 5.69 Å². The number of methoxy groups -OCH3 is 1. The minimum Gasteiger partial charge on any atom is -0.469 e. The average Bonchev–Trinajstić information content (AvgIpc) is 3.23. The van der Waals surface area contributed by atoms with Crippen LogP contribution in [0, 0.1) is 0 Å². The Balaban J connectivity index is 2.04. The second kappa shape index (κ2) is 6.00. The number of hydrogen-bond donors (Lipinski definition) is 0. The maximum atomic E-state index is 13.0. The van der Waals surface area contributed by atoms with E-state index in [-0.39, 0.29) is 29.1 Å². The Kier molecular flexibility index (Phi) is 3.75. The van der Waals surface area contributed by atoms with Gasteiger partial charge in [-0.1, -0.05) is 18.2 Å². The van der Waals surface area contributed by atoms with Gasteiger partial charge in [-0.2, -0.15) is 27.8 Å². The molecule has 0 unspecified atom stereocenters. The van der Waals surface area contributed by atoms with Gasteiger partial charge < -0.3 is 4.74 Å². The summed E-state index contributed by atoms with van der Waals surface area (Å²) in [6.45, 7) is 0. The lowest BCUT2D eigenvalue weighted by Crippen LogP contribution is -2.08. The Labute approximate surface area is 148 Å². The van der Waals surface area contributed by atoms with E-state index in [2.05, 4.69) is 30.1 Å². The lowest BCUT2D eigenvalue weighted by atomic mass is 10.3. The lowest BCUT2D eigenvalue weighted by molar-refractivity contribution is -0.144. The normalized spacial score (nSPS) is 12.0. The predicted octanol–water partition coefficient (Wildman–Crippen LogP) is 1.59. The molecule has 0 aliphatic rings. The molecule has 0 bridgehead atoms. The van der Waals surface area contributed by atoms with Crippen LogP contribution in [0.3, 0.4) is 0 Å². The van der Waals surface area contributed by atoms with Crippen molar-refractivity contribution < 1.29 is 22.7 Å². The molecular weight excluding hydrogens is 367 g/mol. The molecule has 0 aliphatic carbocycles. The van der Waals surface area contributed by atoms with E-state index in [1.165, 1.54) is 11.8 Å². The zero-order chi connectivity index (χ0) is 19.2. The van der Waals surface area contributed by atoms with Gasteiger partial charge in [0, 0.05) is 0 Å². The van der Waals surface area contributed by atoms with Crippen LogP contribution < -0.4 is 0 Å². The monoisotopic (exact) mass is 377 g/mol. The van der Waals surface area contributed by atoms with Crippen LogP contribution in [0.25, 0.3) is 22.6 Å². The molecule has 0 atom stereocenters. The molecule has 4 aromatic rings. The molecule has 9 nitrogen and oxygen atoms in total. The van der Waals surface area contributed by atoms with E-state index in [0.717, 1.165) is 4.52 Å². The molecule has 0 radical (unpaired) electrons. The van der Waals surface area contributed by atoms with E-state index in [4.69, 9.17) is 0 Å². The summed E-state index contributed by atoms with van der Waals surface area (Å²) in [5.74, 6) is -2.26. The van der Waals surface area contributed by atoms with E-state index in [0.29, 0.717) is 5.69 Å². The number of halogens is 3. The number of nitrogens with zero attached hydrogens (tertiary/aromatic N) is 7. The van der Waals surface area contributed by atoms with Crippen molar-refractivity contribution in [3.63, 3.8) is 0 Å². The topological polar surface area (TPSA) is 100 Å². The summed E-state index contributed by atoms with van der Waals surface area (Å²) in [7, 11) is 1.22. The molecule has 4 rings (SSSR count). The molecule has 0 amide bonds. The third kappa shape index (κ3) is 2.84. The first-order valence-corrected chi connectivity index (χ1v) is 7.59. The van der Waals surface area contributed by atoms with Crippen molar-refractivity contribution in [3.05, 3.63) is 41.9 Å². The molecule has 138 valence electrons. The van der Waals surface area contributed by atoms with Crippen molar-refractivity contribution in [1.29, 1.82) is 0 Å². The fourth-order valence-corrected chi connectivity index (χ4v) is 2.54. The highest BCUT2D eigenvalue weighted by atomic mass is 19.4. The van der Waals surface area contributed by atoms with Gasteiger partial charge in [0.1, 0.15) is 5.69 Å². The first-order chi connectivity index (χ1) is 12.9. The summed E-state index contributed by atoms with van der Waals surface area (Å²) in [5, 5.41) is 15.4. The zero-order valence-corrected chi connectivity index (χ0v) is 13.7. The molecule has 0 N–H and O–H groups in total. The van der Waals surface area contributed by atoms with Gasteiger partial charge in [-0.05, 0) is 12.1 Å². The third-order valence-electron chi connectivity index (χ3n) is 3.73. The summed E-state index contributed by atoms with van der Waals surface area (Å²) in [6.07, 6.45) is -4.97. The van der Waals surface area contributed by atoms with Crippen LogP contribution >= 0.6 is 0 Å². The number of aromatic nitrogens is 7. The Morgan fingerprint density at radius 2 is 1.89 bits per heavy atom. The summed E-state index contributed by atoms with van der Waals surface area (Å²) in [5.41, 5.74) is 0.958. The molecule has 27 heavy (non-hydrogen) atoms. The number of alkyl halides is 3. The quantitative estimate of drug-likeness (QED) is 0.500. The Hall–Kier alpha value is -3.57. The maximum absolute atomic E-state index is 13.0. The molecule has 3 heterocycles. The molecule has 0 spiro atoms. The number of benzene rings is 1. The Morgan fingerprint density at radius 1 is 1.15 bits per heavy atom. The van der Waals surface area contributed by atoms with Gasteiger partial charge in [-0.25, -0.2) is 4.68 Å². The van der Waals surface area contributed by atoms with E-state index < -0.39 is 18.0 Å². The van der Waals surface area contributed by atoms with Crippen LogP contribution in [0.15, 0.2) is 30.3 Å². The zero-order valence-electron chi connectivity index (χ0n) is 13.7. The molecule has 0 saturated carbocycles. The maximum Gasteiger partial charge on any atom is 0.453 e. The Morgan fingerprint density at radius 3 is 2.56 bits per heavy atom. The highest BCUT2D eigenvalue weighted by Gasteiger charge is 2.37. The number of carbonyl (C=O) groups excluding carboxylic acids is 1. The molecule has 0 aliphatic heterocycles. The Bertz CT molecular complexity index is 1150. The minimum atomic E-state index is -4.74. The van der Waals surface area contributed by atoms with Crippen LogP contribution in [0.4, 0.5) is 13.2 Å². The number of hydrogen-bond acceptors (Lipinski definition) is 7. The number of carbonyl (C=O) groups is 1. The van der Waals surface area contributed by atoms with Crippen molar-refractivity contribution in [2.75, 3.05) is 7.11 Å². The first kappa shape index (κ1) is 16.9. The number of para-hydroxylation sites is 1. The van der Waals surface area contributed by atoms with Gasteiger partial charge in [0.2, 0.25) is 0 Å². The van der Waals surface area contributed by atoms with Gasteiger partial charge in [0.25, 0.3) is 11.6 Å². The minimum absolute atomic E-state index is 0.105. The van der Waals surface area contributed by atoms with Crippen LogP contribution in [0.1, 0.15) is 11.5 Å². The van der Waals surface area contributed by atoms with E-state index in [1.54, 1.807) is 30.3 Å². The average molecular weight is 377 g/mol. The third-order valence-corrected chi connectivity index (χ3v) is 3.73. The fraction of sp³-hybridized carbons (Fsp3) is 0.200. The van der Waals surface area contributed by atoms with Crippen molar-refractivity contribution in [2.45, 2.75) is 12.6 Å². The van der Waals surface area contributed by atoms with Gasteiger partial charge in [0.15, 0.2) is 11.2 Å². The summed E-state index contributed by atoms with van der Waals surface area (Å²) < 4.78 is 45.9. The van der Waals surface area contributed by atoms with E-state index in [9.17, 15) is 18.0 Å². The van der Waals surface area contributed by atoms with Crippen LogP contribution in [0.2, 0.25) is 0 Å². The first-order valence-electron chi connectivity index (χ1n) is 7.59. The van der Waals surface area contributed by atoms with Crippen molar-refractivity contribution >= 4 is 22.9 Å². The van der Waals surface area contributed by atoms with E-state index in [1.807, 2.05) is 0 Å². The lowest BCUT2D eigenvalue weighted by Gasteiger charge is -2.03. The summed E-state index contributed by atoms with van der Waals surface area (Å²) in [4.78, 5) is 15.0. The molecule has 0 saturated heterocycles. The second-order valence-corrected chi connectivity index (χ2v) is 5.46. The molecule has 0 fully saturated rings. The highest BCUT2D eigenvalue weighted by Crippen LogP contribution is 2.28. The summed E-state index contributed by atoms with van der Waals surface area (Å²) in [6, 6.07) is 8.63. The highest BCUT2D eigenvalue weighted by molar-refractivity contribution is 5.82.